The van der Waals surface area contributed by atoms with Crippen molar-refractivity contribution in [3.8, 4) is 0 Å². The maximum Gasteiger partial charge on any atom is 0.310 e. The second kappa shape index (κ2) is 8.21. The zero-order valence-electron chi connectivity index (χ0n) is 12.6. The van der Waals surface area contributed by atoms with Gasteiger partial charge in [-0.2, -0.15) is 0 Å². The van der Waals surface area contributed by atoms with Crippen LogP contribution in [0.2, 0.25) is 0 Å². The Labute approximate surface area is 120 Å². The summed E-state index contributed by atoms with van der Waals surface area (Å²) >= 11 is 0. The number of carbonyl (C=O) groups excluding carboxylic acids is 1. The van der Waals surface area contributed by atoms with Crippen molar-refractivity contribution in [2.45, 2.75) is 45.7 Å². The minimum Gasteiger partial charge on any atom is -0.481 e. The molecule has 0 aromatic carbocycles. The lowest BCUT2D eigenvalue weighted by molar-refractivity contribution is -0.143. The molecule has 0 radical (unpaired) electrons. The van der Waals surface area contributed by atoms with Gasteiger partial charge in [0.25, 0.3) is 0 Å². The normalized spacial score (nSPS) is 23.8. The zero-order valence-corrected chi connectivity index (χ0v) is 12.6. The Morgan fingerprint density at radius 1 is 1.40 bits per heavy atom. The highest BCUT2D eigenvalue weighted by Crippen LogP contribution is 2.19. The zero-order chi connectivity index (χ0) is 15.1. The molecule has 0 aliphatic carbocycles. The molecule has 1 rings (SSSR count). The van der Waals surface area contributed by atoms with E-state index >= 15 is 0 Å². The van der Waals surface area contributed by atoms with E-state index in [0.717, 1.165) is 12.8 Å². The number of carboxylic acids is 1. The van der Waals surface area contributed by atoms with Crippen molar-refractivity contribution >= 4 is 11.9 Å². The van der Waals surface area contributed by atoms with Gasteiger partial charge in [0.05, 0.1) is 25.7 Å². The van der Waals surface area contributed by atoms with Crippen molar-refractivity contribution in [3.05, 3.63) is 0 Å². The van der Waals surface area contributed by atoms with Crippen LogP contribution in [0.15, 0.2) is 0 Å². The minimum atomic E-state index is -0.856. The second-order valence-corrected chi connectivity index (χ2v) is 5.37. The lowest BCUT2D eigenvalue weighted by atomic mass is 10.0. The molecule has 0 aromatic rings. The fourth-order valence-electron chi connectivity index (χ4n) is 2.61. The molecule has 0 bridgehead atoms. The third-order valence-electron chi connectivity index (χ3n) is 3.72. The molecule has 1 aliphatic rings. The number of hydrogen-bond donors (Lipinski definition) is 2. The molecule has 20 heavy (non-hydrogen) atoms. The van der Waals surface area contributed by atoms with E-state index in [0.29, 0.717) is 13.2 Å². The predicted octanol–water partition coefficient (Wildman–Crippen LogP) is 0.713. The van der Waals surface area contributed by atoms with Crippen molar-refractivity contribution in [1.82, 2.24) is 10.2 Å². The topological polar surface area (TPSA) is 78.9 Å². The number of amides is 1. The molecule has 3 unspecified atom stereocenters. The fraction of sp³-hybridized carbons (Fsp3) is 0.857. The van der Waals surface area contributed by atoms with Crippen molar-refractivity contribution in [2.24, 2.45) is 5.92 Å². The lowest BCUT2D eigenvalue weighted by Gasteiger charge is -2.29. The number of hydrogen-bond acceptors (Lipinski definition) is 4. The first-order chi connectivity index (χ1) is 9.49. The Hall–Kier alpha value is -1.14. The highest BCUT2D eigenvalue weighted by atomic mass is 16.5. The molecular weight excluding hydrogens is 260 g/mol. The Morgan fingerprint density at radius 2 is 2.10 bits per heavy atom. The molecule has 0 saturated carbocycles. The number of aliphatic carboxylic acids is 1. The molecule has 2 N–H and O–H groups in total. The van der Waals surface area contributed by atoms with Crippen LogP contribution in [0.3, 0.4) is 0 Å². The third-order valence-corrected chi connectivity index (χ3v) is 3.72. The van der Waals surface area contributed by atoms with E-state index in [-0.39, 0.29) is 31.1 Å². The van der Waals surface area contributed by atoms with Crippen molar-refractivity contribution < 1.29 is 19.4 Å². The summed E-state index contributed by atoms with van der Waals surface area (Å²) in [6, 6.07) is -0.0639. The van der Waals surface area contributed by atoms with Gasteiger partial charge in [-0.05, 0) is 19.9 Å². The number of ether oxygens (including phenoxy) is 1. The van der Waals surface area contributed by atoms with Crippen LogP contribution in [0.25, 0.3) is 0 Å². The fourth-order valence-corrected chi connectivity index (χ4v) is 2.61. The van der Waals surface area contributed by atoms with Crippen LogP contribution in [0, 0.1) is 5.92 Å². The van der Waals surface area contributed by atoms with E-state index in [4.69, 9.17) is 4.74 Å². The van der Waals surface area contributed by atoms with Gasteiger partial charge in [0.15, 0.2) is 0 Å². The van der Waals surface area contributed by atoms with Crippen LogP contribution in [-0.4, -0.2) is 60.3 Å². The molecule has 1 saturated heterocycles. The van der Waals surface area contributed by atoms with E-state index in [2.05, 4.69) is 12.2 Å². The summed E-state index contributed by atoms with van der Waals surface area (Å²) in [5.74, 6) is -1.45. The summed E-state index contributed by atoms with van der Waals surface area (Å²) in [4.78, 5) is 25.1. The predicted molar refractivity (Wildman–Crippen MR) is 75.5 cm³/mol. The van der Waals surface area contributed by atoms with Crippen molar-refractivity contribution in [2.75, 3.05) is 26.3 Å². The number of carboxylic acid groups (broad SMARTS) is 1. The van der Waals surface area contributed by atoms with Gasteiger partial charge < -0.3 is 15.2 Å². The maximum absolute atomic E-state index is 12.0. The summed E-state index contributed by atoms with van der Waals surface area (Å²) in [6.07, 6.45) is 1.97. The van der Waals surface area contributed by atoms with Gasteiger partial charge in [-0.3, -0.25) is 14.5 Å². The minimum absolute atomic E-state index is 0.0520. The van der Waals surface area contributed by atoms with Crippen LogP contribution in [0.4, 0.5) is 0 Å². The van der Waals surface area contributed by atoms with Gasteiger partial charge in [-0.1, -0.05) is 20.3 Å². The smallest absolute Gasteiger partial charge is 0.310 e. The van der Waals surface area contributed by atoms with Gasteiger partial charge in [-0.25, -0.2) is 0 Å². The number of nitrogens with zero attached hydrogens (tertiary/aromatic N) is 1. The molecule has 116 valence electrons. The highest BCUT2D eigenvalue weighted by Gasteiger charge is 2.38. The van der Waals surface area contributed by atoms with E-state index in [1.165, 1.54) is 0 Å². The largest absolute Gasteiger partial charge is 0.481 e. The van der Waals surface area contributed by atoms with Crippen molar-refractivity contribution in [1.29, 1.82) is 0 Å². The molecular formula is C14H26N2O4. The van der Waals surface area contributed by atoms with Gasteiger partial charge >= 0.3 is 5.97 Å². The standard InChI is InChI=1S/C14H26N2O4/c1-4-6-10(3)15-13(17)7-16(5-2)12-9-20-8-11(12)14(18)19/h10-12H,4-9H2,1-3H3,(H,15,17)(H,18,19). The van der Waals surface area contributed by atoms with Gasteiger partial charge in [-0.15, -0.1) is 0 Å². The Morgan fingerprint density at radius 3 is 2.65 bits per heavy atom. The van der Waals surface area contributed by atoms with Crippen LogP contribution >= 0.6 is 0 Å². The molecule has 6 nitrogen and oxygen atoms in total. The highest BCUT2D eigenvalue weighted by molar-refractivity contribution is 5.78. The molecule has 3 atom stereocenters. The Balaban J connectivity index is 2.54. The van der Waals surface area contributed by atoms with E-state index in [1.54, 1.807) is 0 Å². The average molecular weight is 286 g/mol. The van der Waals surface area contributed by atoms with Crippen LogP contribution in [-0.2, 0) is 14.3 Å². The van der Waals surface area contributed by atoms with Gasteiger partial charge in [0.1, 0.15) is 0 Å². The second-order valence-electron chi connectivity index (χ2n) is 5.37. The number of nitrogens with one attached hydrogen (secondary N) is 1. The van der Waals surface area contributed by atoms with Crippen molar-refractivity contribution in [3.63, 3.8) is 0 Å². The first-order valence-electron chi connectivity index (χ1n) is 7.33. The van der Waals surface area contributed by atoms with E-state index in [1.807, 2.05) is 18.7 Å². The molecule has 0 aromatic heterocycles. The summed E-state index contributed by atoms with van der Waals surface area (Å²) in [6.45, 7) is 7.45. The van der Waals surface area contributed by atoms with E-state index in [9.17, 15) is 14.7 Å². The molecule has 6 heteroatoms. The molecule has 1 heterocycles. The summed E-state index contributed by atoms with van der Waals surface area (Å²) in [5, 5.41) is 12.1. The van der Waals surface area contributed by atoms with Crippen LogP contribution < -0.4 is 5.32 Å². The van der Waals surface area contributed by atoms with Crippen LogP contribution in [0.1, 0.15) is 33.6 Å². The SMILES string of the molecule is CCCC(C)NC(=O)CN(CC)C1COCC1C(=O)O. The molecule has 1 aliphatic heterocycles. The quantitative estimate of drug-likeness (QED) is 0.687. The Bertz CT molecular complexity index is 335. The molecule has 1 amide bonds. The van der Waals surface area contributed by atoms with Crippen LogP contribution in [0.5, 0.6) is 0 Å². The number of carbonyl (C=O) groups is 2. The first kappa shape index (κ1) is 16.9. The van der Waals surface area contributed by atoms with Gasteiger partial charge in [0.2, 0.25) is 5.91 Å². The monoisotopic (exact) mass is 286 g/mol. The molecule has 0 spiro atoms. The summed E-state index contributed by atoms with van der Waals surface area (Å²) in [7, 11) is 0. The summed E-state index contributed by atoms with van der Waals surface area (Å²) in [5.41, 5.74) is 0. The number of rotatable bonds is 8. The average Bonchev–Trinajstić information content (AvgIpc) is 2.85. The van der Waals surface area contributed by atoms with E-state index < -0.39 is 11.9 Å². The summed E-state index contributed by atoms with van der Waals surface area (Å²) < 4.78 is 5.26. The molecule has 1 fully saturated rings. The lowest BCUT2D eigenvalue weighted by Crippen LogP contribution is -2.48. The van der Waals surface area contributed by atoms with Gasteiger partial charge in [0, 0.05) is 12.1 Å². The third kappa shape index (κ3) is 4.76. The first-order valence-corrected chi connectivity index (χ1v) is 7.33. The maximum atomic E-state index is 12.0. The Kier molecular flexibility index (Phi) is 6.95. The number of likely N-dealkylation sites (N-methyl/N-ethyl adjacent to an activating group) is 1.